The summed E-state index contributed by atoms with van der Waals surface area (Å²) in [4.78, 5) is 16.9. The smallest absolute Gasteiger partial charge is 0.258 e. The van der Waals surface area contributed by atoms with Crippen molar-refractivity contribution in [3.63, 3.8) is 0 Å². The van der Waals surface area contributed by atoms with E-state index in [1.807, 2.05) is 13.0 Å². The molecule has 148 valence electrons. The first-order valence-corrected chi connectivity index (χ1v) is 9.26. The average Bonchev–Trinajstić information content (AvgIpc) is 3.18. The molecule has 2 aromatic carbocycles. The number of ether oxygens (including phenoxy) is 1. The van der Waals surface area contributed by atoms with E-state index in [0.29, 0.717) is 23.9 Å². The van der Waals surface area contributed by atoms with Crippen LogP contribution in [-0.4, -0.2) is 31.1 Å². The molecule has 1 fully saturated rings. The third-order valence-electron chi connectivity index (χ3n) is 4.34. The van der Waals surface area contributed by atoms with Gasteiger partial charge in [-0.05, 0) is 55.7 Å². The minimum atomic E-state index is -1.09. The number of nitrogens with one attached hydrogen (secondary N) is 2. The van der Waals surface area contributed by atoms with Crippen molar-refractivity contribution in [2.75, 3.05) is 18.5 Å². The predicted octanol–water partition coefficient (Wildman–Crippen LogP) is 4.30. The maximum atomic E-state index is 13.4. The van der Waals surface area contributed by atoms with E-state index in [4.69, 9.17) is 16.3 Å². The Bertz CT molecular complexity index is 899. The quantitative estimate of drug-likeness (QED) is 0.586. The van der Waals surface area contributed by atoms with Crippen LogP contribution >= 0.6 is 11.6 Å². The minimum Gasteiger partial charge on any atom is -0.376 e. The van der Waals surface area contributed by atoms with E-state index in [1.165, 1.54) is 6.07 Å². The molecule has 2 aromatic rings. The topological polar surface area (TPSA) is 62.7 Å². The number of aryl methyl sites for hydroxylation is 1. The molecule has 0 aromatic heterocycles. The first kappa shape index (κ1) is 20.2. The number of carbonyl (C=O) groups is 1. The minimum absolute atomic E-state index is 0.0163. The molecular weight excluding hydrogens is 388 g/mol. The Morgan fingerprint density at radius 3 is 2.79 bits per heavy atom. The average molecular weight is 408 g/mol. The molecule has 0 spiro atoms. The number of hydrogen-bond acceptors (Lipinski definition) is 3. The summed E-state index contributed by atoms with van der Waals surface area (Å²) in [6.45, 7) is 2.94. The van der Waals surface area contributed by atoms with Crippen molar-refractivity contribution in [2.24, 2.45) is 4.99 Å². The predicted molar refractivity (Wildman–Crippen MR) is 105 cm³/mol. The van der Waals surface area contributed by atoms with Gasteiger partial charge in [-0.3, -0.25) is 10.1 Å². The number of guanidine groups is 1. The molecular formula is C20H20ClF2N3O2. The fraction of sp³-hybridized carbons (Fsp3) is 0.300. The van der Waals surface area contributed by atoms with E-state index in [-0.39, 0.29) is 17.6 Å². The zero-order valence-corrected chi connectivity index (χ0v) is 16.0. The van der Waals surface area contributed by atoms with Gasteiger partial charge < -0.3 is 10.1 Å². The molecule has 8 heteroatoms. The molecule has 28 heavy (non-hydrogen) atoms. The van der Waals surface area contributed by atoms with E-state index in [1.54, 1.807) is 12.1 Å². The first-order chi connectivity index (χ1) is 13.4. The Hall–Kier alpha value is -2.51. The Balaban J connectivity index is 1.80. The van der Waals surface area contributed by atoms with Crippen LogP contribution in [0.3, 0.4) is 0 Å². The van der Waals surface area contributed by atoms with Crippen molar-refractivity contribution in [3.05, 3.63) is 64.2 Å². The number of amides is 1. The highest BCUT2D eigenvalue weighted by atomic mass is 35.5. The Kier molecular flexibility index (Phi) is 6.59. The number of benzene rings is 2. The number of nitrogens with zero attached hydrogens (tertiary/aromatic N) is 1. The van der Waals surface area contributed by atoms with Crippen LogP contribution in [0.15, 0.2) is 41.4 Å². The fourth-order valence-electron chi connectivity index (χ4n) is 2.77. The molecule has 1 saturated heterocycles. The summed E-state index contributed by atoms with van der Waals surface area (Å²) >= 11 is 6.05. The lowest BCUT2D eigenvalue weighted by atomic mass is 10.2. The lowest BCUT2D eigenvalue weighted by molar-refractivity contribution is 0.0975. The Labute approximate surface area is 166 Å². The maximum Gasteiger partial charge on any atom is 0.258 e. The van der Waals surface area contributed by atoms with Crippen molar-refractivity contribution in [2.45, 2.75) is 25.9 Å². The van der Waals surface area contributed by atoms with Gasteiger partial charge in [0.1, 0.15) is 0 Å². The summed E-state index contributed by atoms with van der Waals surface area (Å²) in [6, 6.07) is 8.25. The van der Waals surface area contributed by atoms with Gasteiger partial charge in [0, 0.05) is 22.9 Å². The van der Waals surface area contributed by atoms with Crippen LogP contribution in [0.25, 0.3) is 0 Å². The van der Waals surface area contributed by atoms with Gasteiger partial charge in [-0.15, -0.1) is 0 Å². The molecule has 1 atom stereocenters. The molecule has 1 amide bonds. The Morgan fingerprint density at radius 1 is 1.25 bits per heavy atom. The molecule has 0 bridgehead atoms. The van der Waals surface area contributed by atoms with Crippen molar-refractivity contribution in [1.29, 1.82) is 0 Å². The molecule has 0 saturated carbocycles. The van der Waals surface area contributed by atoms with Crippen LogP contribution < -0.4 is 10.6 Å². The summed E-state index contributed by atoms with van der Waals surface area (Å²) in [5.74, 6) is -2.55. The maximum absolute atomic E-state index is 13.4. The molecule has 5 nitrogen and oxygen atoms in total. The van der Waals surface area contributed by atoms with Crippen molar-refractivity contribution in [1.82, 2.24) is 5.32 Å². The molecule has 1 aliphatic rings. The molecule has 0 unspecified atom stereocenters. The molecule has 3 rings (SSSR count). The van der Waals surface area contributed by atoms with Crippen molar-refractivity contribution >= 4 is 29.2 Å². The summed E-state index contributed by atoms with van der Waals surface area (Å²) in [5.41, 5.74) is 1.55. The molecule has 0 radical (unpaired) electrons. The molecule has 2 N–H and O–H groups in total. The number of hydrogen-bond donors (Lipinski definition) is 2. The van der Waals surface area contributed by atoms with Crippen LogP contribution in [0.5, 0.6) is 0 Å². The number of rotatable bonds is 4. The molecule has 1 aliphatic heterocycles. The number of aliphatic imine (C=N–C) groups is 1. The number of halogens is 3. The van der Waals surface area contributed by atoms with Gasteiger partial charge in [-0.25, -0.2) is 13.8 Å². The van der Waals surface area contributed by atoms with E-state index < -0.39 is 17.5 Å². The molecule has 0 aliphatic carbocycles. The monoisotopic (exact) mass is 407 g/mol. The highest BCUT2D eigenvalue weighted by molar-refractivity contribution is 6.31. The van der Waals surface area contributed by atoms with Gasteiger partial charge in [-0.1, -0.05) is 17.7 Å². The molecule has 1 heterocycles. The fourth-order valence-corrected chi connectivity index (χ4v) is 2.94. The second kappa shape index (κ2) is 9.12. The third kappa shape index (κ3) is 5.27. The van der Waals surface area contributed by atoms with Crippen LogP contribution in [0.1, 0.15) is 28.8 Å². The lowest BCUT2D eigenvalue weighted by Crippen LogP contribution is -2.37. The van der Waals surface area contributed by atoms with Crippen molar-refractivity contribution in [3.8, 4) is 0 Å². The lowest BCUT2D eigenvalue weighted by Gasteiger charge is -2.15. The van der Waals surface area contributed by atoms with Gasteiger partial charge >= 0.3 is 0 Å². The van der Waals surface area contributed by atoms with Crippen LogP contribution in [-0.2, 0) is 4.74 Å². The normalized spacial score (nSPS) is 16.9. The van der Waals surface area contributed by atoms with Gasteiger partial charge in [0.25, 0.3) is 5.91 Å². The summed E-state index contributed by atoms with van der Waals surface area (Å²) in [5, 5.41) is 6.19. The largest absolute Gasteiger partial charge is 0.376 e. The van der Waals surface area contributed by atoms with E-state index in [9.17, 15) is 13.6 Å². The van der Waals surface area contributed by atoms with Crippen LogP contribution in [0.4, 0.5) is 14.5 Å². The van der Waals surface area contributed by atoms with Crippen LogP contribution in [0.2, 0.25) is 5.02 Å². The summed E-state index contributed by atoms with van der Waals surface area (Å²) < 4.78 is 32.1. The zero-order chi connectivity index (χ0) is 20.1. The number of carbonyl (C=O) groups excluding carboxylic acids is 1. The summed E-state index contributed by atoms with van der Waals surface area (Å²) in [7, 11) is 0. The highest BCUT2D eigenvalue weighted by Crippen LogP contribution is 2.20. The van der Waals surface area contributed by atoms with E-state index in [0.717, 1.165) is 30.5 Å². The van der Waals surface area contributed by atoms with Gasteiger partial charge in [0.2, 0.25) is 5.96 Å². The third-order valence-corrected chi connectivity index (χ3v) is 4.58. The van der Waals surface area contributed by atoms with Crippen molar-refractivity contribution < 1.29 is 18.3 Å². The second-order valence-electron chi connectivity index (χ2n) is 6.49. The Morgan fingerprint density at radius 2 is 2.07 bits per heavy atom. The first-order valence-electron chi connectivity index (χ1n) is 8.88. The summed E-state index contributed by atoms with van der Waals surface area (Å²) in [6.07, 6.45) is 1.85. The van der Waals surface area contributed by atoms with Gasteiger partial charge in [-0.2, -0.15) is 0 Å². The zero-order valence-electron chi connectivity index (χ0n) is 15.3. The van der Waals surface area contributed by atoms with Gasteiger partial charge in [0.15, 0.2) is 11.6 Å². The van der Waals surface area contributed by atoms with E-state index >= 15 is 0 Å². The standard InChI is InChI=1S/C20H20ClF2N3O2/c1-12-4-6-14(21)10-18(12)25-20(24-11-15-3-2-8-28-15)26-19(27)13-5-7-16(22)17(23)9-13/h4-7,9-10,15H,2-3,8,11H2,1H3,(H2,24,25,26,27)/t15-/m0/s1. The SMILES string of the molecule is Cc1ccc(Cl)cc1NC(=NC[C@@H]1CCCO1)NC(=O)c1ccc(F)c(F)c1. The number of anilines is 1. The van der Waals surface area contributed by atoms with E-state index in [2.05, 4.69) is 15.6 Å². The van der Waals surface area contributed by atoms with Crippen LogP contribution in [0, 0.1) is 18.6 Å². The second-order valence-corrected chi connectivity index (χ2v) is 6.93. The highest BCUT2D eigenvalue weighted by Gasteiger charge is 2.17. The van der Waals surface area contributed by atoms with Gasteiger partial charge in [0.05, 0.1) is 12.6 Å².